The number of nitrogens with zero attached hydrogens (tertiary/aromatic N) is 2. The predicted molar refractivity (Wildman–Crippen MR) is 148 cm³/mol. The van der Waals surface area contributed by atoms with Gasteiger partial charge in [0.15, 0.2) is 5.13 Å². The number of carboxylic acids is 1. The Kier molecular flexibility index (Phi) is 8.02. The summed E-state index contributed by atoms with van der Waals surface area (Å²) in [4.78, 5) is 24.4. The molecule has 4 rings (SSSR count). The zero-order valence-electron chi connectivity index (χ0n) is 19.2. The van der Waals surface area contributed by atoms with E-state index in [1.165, 1.54) is 11.3 Å². The van der Waals surface area contributed by atoms with Gasteiger partial charge in [-0.2, -0.15) is 4.39 Å². The Morgan fingerprint density at radius 2 is 1.91 bits per heavy atom. The summed E-state index contributed by atoms with van der Waals surface area (Å²) in [7, 11) is 0. The van der Waals surface area contributed by atoms with Crippen molar-refractivity contribution >= 4 is 62.2 Å². The highest BCUT2D eigenvalue weighted by atomic mass is 127. The lowest BCUT2D eigenvalue weighted by Crippen LogP contribution is -2.05. The van der Waals surface area contributed by atoms with Crippen molar-refractivity contribution in [2.75, 3.05) is 5.32 Å². The van der Waals surface area contributed by atoms with Crippen LogP contribution in [0.5, 0.6) is 5.75 Å². The fourth-order valence-electron chi connectivity index (χ4n) is 3.49. The third kappa shape index (κ3) is 6.36. The predicted octanol–water partition coefficient (Wildman–Crippen LogP) is 7.95. The van der Waals surface area contributed by atoms with Crippen LogP contribution in [-0.2, 0) is 6.42 Å². The number of aromatic nitrogens is 2. The van der Waals surface area contributed by atoms with Gasteiger partial charge in [-0.25, -0.2) is 14.8 Å². The van der Waals surface area contributed by atoms with Crippen LogP contribution < -0.4 is 10.1 Å². The molecule has 0 spiro atoms. The van der Waals surface area contributed by atoms with Crippen molar-refractivity contribution in [3.05, 3.63) is 64.0 Å². The van der Waals surface area contributed by atoms with Crippen molar-refractivity contribution < 1.29 is 19.0 Å². The summed E-state index contributed by atoms with van der Waals surface area (Å²) in [6.45, 7) is 6.26. The van der Waals surface area contributed by atoms with Crippen LogP contribution in [0, 0.1) is 12.8 Å². The maximum atomic E-state index is 13.1. The Morgan fingerprint density at radius 3 is 2.51 bits per heavy atom. The van der Waals surface area contributed by atoms with Crippen LogP contribution in [0.3, 0.4) is 0 Å². The zero-order valence-corrected chi connectivity index (χ0v) is 23.0. The Labute approximate surface area is 224 Å². The van der Waals surface area contributed by atoms with Crippen molar-refractivity contribution in [1.29, 1.82) is 0 Å². The number of hydrogen-bond acceptors (Lipinski definition) is 7. The van der Waals surface area contributed by atoms with Crippen molar-refractivity contribution in [3.8, 4) is 27.4 Å². The van der Waals surface area contributed by atoms with Gasteiger partial charge in [-0.3, -0.25) is 0 Å². The summed E-state index contributed by atoms with van der Waals surface area (Å²) < 4.78 is 16.8. The van der Waals surface area contributed by atoms with Gasteiger partial charge in [-0.1, -0.05) is 13.8 Å². The van der Waals surface area contributed by atoms with Crippen molar-refractivity contribution in [1.82, 2.24) is 9.97 Å². The lowest BCUT2D eigenvalue weighted by atomic mass is 10.0. The summed E-state index contributed by atoms with van der Waals surface area (Å²) in [6, 6.07) is 12.7. The lowest BCUT2D eigenvalue weighted by molar-refractivity contribution is 0.0697. The van der Waals surface area contributed by atoms with Crippen LogP contribution in [0.25, 0.3) is 21.7 Å². The molecule has 0 bridgehead atoms. The molecule has 3 heterocycles. The molecule has 10 heteroatoms. The molecule has 4 aromatic rings. The minimum atomic E-state index is -1.42. The number of carboxylic acid groups (broad SMARTS) is 1. The molecule has 2 N–H and O–H groups in total. The minimum absolute atomic E-state index is 0.0804. The van der Waals surface area contributed by atoms with Gasteiger partial charge in [0, 0.05) is 54.5 Å². The van der Waals surface area contributed by atoms with Crippen molar-refractivity contribution in [2.45, 2.75) is 31.6 Å². The molecule has 0 aliphatic rings. The first kappa shape index (κ1) is 25.5. The molecule has 0 saturated heterocycles. The number of pyridine rings is 1. The summed E-state index contributed by atoms with van der Waals surface area (Å²) in [5, 5.41) is 13.5. The van der Waals surface area contributed by atoms with Crippen LogP contribution in [0.2, 0.25) is 0 Å². The van der Waals surface area contributed by atoms with E-state index in [0.29, 0.717) is 16.8 Å². The van der Waals surface area contributed by atoms with Gasteiger partial charge in [-0.05, 0) is 61.7 Å². The van der Waals surface area contributed by atoms with Gasteiger partial charge in [0.2, 0.25) is 0 Å². The molecule has 0 saturated carbocycles. The van der Waals surface area contributed by atoms with E-state index >= 15 is 0 Å². The first-order valence-electron chi connectivity index (χ1n) is 10.8. The Bertz CT molecular complexity index is 1340. The first-order chi connectivity index (χ1) is 16.7. The number of thiazole rings is 1. The van der Waals surface area contributed by atoms with E-state index in [2.05, 4.69) is 24.1 Å². The maximum absolute atomic E-state index is 13.1. The second kappa shape index (κ2) is 11.0. The highest BCUT2D eigenvalue weighted by Crippen LogP contribution is 2.36. The fourth-order valence-corrected chi connectivity index (χ4v) is 5.82. The van der Waals surface area contributed by atoms with E-state index in [-0.39, 0.29) is 11.4 Å². The van der Waals surface area contributed by atoms with Crippen LogP contribution >= 0.6 is 45.3 Å². The van der Waals surface area contributed by atoms with Crippen molar-refractivity contribution in [2.24, 2.45) is 5.92 Å². The topological polar surface area (TPSA) is 84.3 Å². The number of carbonyl (C=O) groups is 1. The number of hydrogen-bond donors (Lipinski definition) is 2. The normalized spacial score (nSPS) is 12.1. The Hall–Kier alpha value is -2.57. The van der Waals surface area contributed by atoms with E-state index in [1.807, 2.05) is 31.2 Å². The first-order valence-corrected chi connectivity index (χ1v) is 13.7. The summed E-state index contributed by atoms with van der Waals surface area (Å²) >= 11 is 4.62. The average molecular weight is 624 g/mol. The number of aryl methyl sites for hydroxylation is 1. The largest absolute Gasteiger partial charge is 0.478 e. The summed E-state index contributed by atoms with van der Waals surface area (Å²) in [6.07, 6.45) is 2.48. The number of thiophene rings is 1. The molecule has 1 aromatic carbocycles. The van der Waals surface area contributed by atoms with Crippen LogP contribution in [-0.4, -0.2) is 25.4 Å². The van der Waals surface area contributed by atoms with Crippen LogP contribution in [0.4, 0.5) is 15.3 Å². The molecule has 0 radical (unpaired) electrons. The molecule has 1 atom stereocenters. The molecule has 35 heavy (non-hydrogen) atoms. The Balaban J connectivity index is 1.66. The molecule has 6 nitrogen and oxygen atoms in total. The third-order valence-electron chi connectivity index (χ3n) is 5.01. The highest BCUT2D eigenvalue weighted by Gasteiger charge is 2.19. The van der Waals surface area contributed by atoms with Gasteiger partial charge in [0.25, 0.3) is 4.36 Å². The van der Waals surface area contributed by atoms with Gasteiger partial charge in [-0.15, -0.1) is 22.7 Å². The minimum Gasteiger partial charge on any atom is -0.478 e. The number of anilines is 2. The molecule has 0 aliphatic carbocycles. The maximum Gasteiger partial charge on any atom is 0.339 e. The lowest BCUT2D eigenvalue weighted by Gasteiger charge is -2.08. The Morgan fingerprint density at radius 1 is 1.17 bits per heavy atom. The molecule has 0 amide bonds. The van der Waals surface area contributed by atoms with E-state index in [0.717, 1.165) is 37.9 Å². The molecule has 182 valence electrons. The van der Waals surface area contributed by atoms with Gasteiger partial charge >= 0.3 is 5.97 Å². The second-order valence-electron chi connectivity index (χ2n) is 8.25. The van der Waals surface area contributed by atoms with E-state index in [9.17, 15) is 14.3 Å². The highest BCUT2D eigenvalue weighted by molar-refractivity contribution is 14.1. The SMILES string of the molecule is Cc1ccc(-c2cnc(Nc3nc(-c4ccc(OC(F)I)cc4)c(CC(C)C)s3)c(C(=O)O)c2)s1. The molecule has 3 aromatic heterocycles. The average Bonchev–Trinajstić information content (AvgIpc) is 3.39. The molecular formula is C25H23FIN3O3S2. The molecule has 0 aliphatic heterocycles. The number of alkyl halides is 2. The standard InChI is InChI=1S/C25H23FIN3O3S2/c1-13(2)10-20-21(15-5-7-17(8-6-15)33-24(26)27)29-25(35-20)30-22-18(23(31)32)11-16(12-28-22)19-9-4-14(3)34-19/h4-9,11-13,24H,10H2,1-3H3,(H,31,32)(H,28,29,30). The number of nitrogens with one attached hydrogen (secondary N) is 1. The second-order valence-corrected chi connectivity index (χ2v) is 11.6. The summed E-state index contributed by atoms with van der Waals surface area (Å²) in [5.74, 6) is 0.0141. The number of ether oxygens (including phenoxy) is 1. The monoisotopic (exact) mass is 623 g/mol. The molecular weight excluding hydrogens is 600 g/mol. The number of aromatic carboxylic acids is 1. The van der Waals surface area contributed by atoms with Crippen molar-refractivity contribution in [3.63, 3.8) is 0 Å². The molecule has 1 unspecified atom stereocenters. The van der Waals surface area contributed by atoms with E-state index < -0.39 is 10.3 Å². The number of rotatable bonds is 9. The van der Waals surface area contributed by atoms with Crippen LogP contribution in [0.1, 0.15) is 34.0 Å². The number of halogens is 2. The summed E-state index contributed by atoms with van der Waals surface area (Å²) in [5.41, 5.74) is 2.51. The third-order valence-corrected chi connectivity index (χ3v) is 7.31. The van der Waals surface area contributed by atoms with Gasteiger partial charge in [0.1, 0.15) is 17.1 Å². The van der Waals surface area contributed by atoms with Crippen LogP contribution in [0.15, 0.2) is 48.7 Å². The fraction of sp³-hybridized carbons (Fsp3) is 0.240. The molecule has 0 fully saturated rings. The zero-order chi connectivity index (χ0) is 25.1. The van der Waals surface area contributed by atoms with E-state index in [4.69, 9.17) is 9.72 Å². The number of benzene rings is 1. The van der Waals surface area contributed by atoms with Gasteiger partial charge < -0.3 is 15.2 Å². The van der Waals surface area contributed by atoms with E-state index in [1.54, 1.807) is 58.3 Å². The van der Waals surface area contributed by atoms with Gasteiger partial charge in [0.05, 0.1) is 5.69 Å². The quantitative estimate of drug-likeness (QED) is 0.146. The smallest absolute Gasteiger partial charge is 0.339 e.